The normalized spacial score (nSPS) is 33.2. The molecule has 2 bridgehead atoms. The van der Waals surface area contributed by atoms with Gasteiger partial charge in [-0.1, -0.05) is 12.2 Å². The van der Waals surface area contributed by atoms with Gasteiger partial charge in [0, 0.05) is 6.54 Å². The summed E-state index contributed by atoms with van der Waals surface area (Å²) < 4.78 is 41.4. The zero-order valence-corrected chi connectivity index (χ0v) is 12.9. The molecule has 0 aliphatic carbocycles. The number of methoxy groups -OCH3 is 1. The summed E-state index contributed by atoms with van der Waals surface area (Å²) in [5.74, 6) is -3.23. The number of nitrogens with zero attached hydrogens (tertiary/aromatic N) is 1. The van der Waals surface area contributed by atoms with Crippen molar-refractivity contribution in [2.75, 3.05) is 13.7 Å². The van der Waals surface area contributed by atoms with Crippen LogP contribution in [0.2, 0.25) is 0 Å². The molecule has 0 aromatic heterocycles. The standard InChI is InChI=1S/C13H15NO8S/c1-21-13(17)8(23(18,19)20)4-5-14-11(15)9-6-2-3-7(22-6)10(9)12(14)16/h2-3,6-10H,4-5H2,1H3,(H,18,19,20). The van der Waals surface area contributed by atoms with Crippen LogP contribution in [-0.4, -0.2) is 66.8 Å². The zero-order valence-electron chi connectivity index (χ0n) is 12.1. The lowest BCUT2D eigenvalue weighted by molar-refractivity contribution is -0.144. The first-order valence-electron chi connectivity index (χ1n) is 6.99. The molecule has 2 saturated heterocycles. The number of carbonyl (C=O) groups excluding carboxylic acids is 3. The highest BCUT2D eigenvalue weighted by molar-refractivity contribution is 7.87. The minimum Gasteiger partial charge on any atom is -0.468 e. The fourth-order valence-electron chi connectivity index (χ4n) is 3.35. The number of likely N-dealkylation sites (tertiary alicyclic amines) is 1. The van der Waals surface area contributed by atoms with E-state index < -0.39 is 63.6 Å². The van der Waals surface area contributed by atoms with Crippen molar-refractivity contribution in [2.45, 2.75) is 23.9 Å². The first-order valence-corrected chi connectivity index (χ1v) is 8.49. The summed E-state index contributed by atoms with van der Waals surface area (Å²) in [6.07, 6.45) is 2.16. The van der Waals surface area contributed by atoms with Gasteiger partial charge in [-0.25, -0.2) is 0 Å². The third-order valence-corrected chi connectivity index (χ3v) is 5.59. The highest BCUT2D eigenvalue weighted by Gasteiger charge is 2.60. The lowest BCUT2D eigenvalue weighted by Crippen LogP contribution is -2.39. The maximum absolute atomic E-state index is 12.4. The summed E-state index contributed by atoms with van der Waals surface area (Å²) in [5, 5.41) is -1.83. The van der Waals surface area contributed by atoms with Gasteiger partial charge in [-0.3, -0.25) is 23.8 Å². The van der Waals surface area contributed by atoms with Crippen molar-refractivity contribution >= 4 is 27.9 Å². The summed E-state index contributed by atoms with van der Waals surface area (Å²) in [4.78, 5) is 37.1. The van der Waals surface area contributed by atoms with E-state index in [0.29, 0.717) is 0 Å². The lowest BCUT2D eigenvalue weighted by Gasteiger charge is -2.19. The first-order chi connectivity index (χ1) is 10.8. The van der Waals surface area contributed by atoms with Gasteiger partial charge in [-0.05, 0) is 6.42 Å². The Morgan fingerprint density at radius 1 is 1.30 bits per heavy atom. The molecule has 1 N–H and O–H groups in total. The number of rotatable bonds is 5. The van der Waals surface area contributed by atoms with Crippen LogP contribution in [0, 0.1) is 11.8 Å². The van der Waals surface area contributed by atoms with Crippen molar-refractivity contribution in [1.29, 1.82) is 0 Å². The molecule has 3 aliphatic heterocycles. The number of carbonyl (C=O) groups is 3. The van der Waals surface area contributed by atoms with Crippen LogP contribution in [0.3, 0.4) is 0 Å². The number of imide groups is 1. The molecule has 2 fully saturated rings. The van der Waals surface area contributed by atoms with E-state index >= 15 is 0 Å². The van der Waals surface area contributed by atoms with Crippen LogP contribution in [-0.2, 0) is 34.0 Å². The molecule has 9 nitrogen and oxygen atoms in total. The molecule has 0 saturated carbocycles. The molecular weight excluding hydrogens is 330 g/mol. The van der Waals surface area contributed by atoms with Crippen molar-refractivity contribution in [2.24, 2.45) is 11.8 Å². The average Bonchev–Trinajstić information content (AvgIpc) is 3.14. The predicted molar refractivity (Wildman–Crippen MR) is 73.5 cm³/mol. The molecule has 3 heterocycles. The van der Waals surface area contributed by atoms with Gasteiger partial charge in [0.05, 0.1) is 31.2 Å². The summed E-state index contributed by atoms with van der Waals surface area (Å²) in [6.45, 7) is -0.288. The lowest BCUT2D eigenvalue weighted by atomic mass is 9.85. The summed E-state index contributed by atoms with van der Waals surface area (Å²) >= 11 is 0. The molecular formula is C13H15NO8S. The second-order valence-corrected chi connectivity index (χ2v) is 7.24. The Bertz CT molecular complexity index is 669. The van der Waals surface area contributed by atoms with Crippen LogP contribution in [0.5, 0.6) is 0 Å². The van der Waals surface area contributed by atoms with Gasteiger partial charge in [0.1, 0.15) is 0 Å². The van der Waals surface area contributed by atoms with E-state index in [0.717, 1.165) is 12.0 Å². The van der Waals surface area contributed by atoms with Crippen molar-refractivity contribution < 1.29 is 36.8 Å². The molecule has 23 heavy (non-hydrogen) atoms. The molecule has 2 amide bonds. The van der Waals surface area contributed by atoms with E-state index in [1.807, 2.05) is 0 Å². The van der Waals surface area contributed by atoms with E-state index in [9.17, 15) is 22.8 Å². The Morgan fingerprint density at radius 2 is 1.83 bits per heavy atom. The van der Waals surface area contributed by atoms with E-state index in [-0.39, 0.29) is 6.54 Å². The maximum Gasteiger partial charge on any atom is 0.326 e. The molecule has 0 spiro atoms. The number of hydrogen-bond donors (Lipinski definition) is 1. The van der Waals surface area contributed by atoms with Crippen LogP contribution in [0.1, 0.15) is 6.42 Å². The molecule has 5 unspecified atom stereocenters. The maximum atomic E-state index is 12.4. The number of esters is 1. The predicted octanol–water partition coefficient (Wildman–Crippen LogP) is -1.26. The smallest absolute Gasteiger partial charge is 0.326 e. The monoisotopic (exact) mass is 345 g/mol. The van der Waals surface area contributed by atoms with Crippen LogP contribution >= 0.6 is 0 Å². The molecule has 0 aromatic carbocycles. The quantitative estimate of drug-likeness (QED) is 0.283. The van der Waals surface area contributed by atoms with Gasteiger partial charge in [0.25, 0.3) is 10.1 Å². The SMILES string of the molecule is COC(=O)C(CCN1C(=O)C2C3C=CC(O3)C2C1=O)S(=O)(=O)O. The number of amides is 2. The number of hydrogen-bond acceptors (Lipinski definition) is 7. The molecule has 0 aromatic rings. The number of ether oxygens (including phenoxy) is 2. The van der Waals surface area contributed by atoms with Crippen LogP contribution in [0.4, 0.5) is 0 Å². The Morgan fingerprint density at radius 3 is 2.26 bits per heavy atom. The summed E-state index contributed by atoms with van der Waals surface area (Å²) in [7, 11) is -3.71. The Hall–Kier alpha value is -1.78. The Balaban J connectivity index is 1.73. The third-order valence-electron chi connectivity index (χ3n) is 4.44. The first kappa shape index (κ1) is 16.1. The van der Waals surface area contributed by atoms with Gasteiger partial charge in [-0.15, -0.1) is 0 Å². The van der Waals surface area contributed by atoms with Crippen molar-refractivity contribution in [3.8, 4) is 0 Å². The largest absolute Gasteiger partial charge is 0.468 e. The van der Waals surface area contributed by atoms with E-state index in [1.165, 1.54) is 0 Å². The number of fused-ring (bicyclic) bond motifs is 5. The van der Waals surface area contributed by atoms with Crippen molar-refractivity contribution in [3.63, 3.8) is 0 Å². The fourth-order valence-corrected chi connectivity index (χ4v) is 4.09. The Kier molecular flexibility index (Phi) is 3.77. The molecule has 3 rings (SSSR count). The fraction of sp³-hybridized carbons (Fsp3) is 0.615. The van der Waals surface area contributed by atoms with Crippen LogP contribution in [0.25, 0.3) is 0 Å². The molecule has 5 atom stereocenters. The second-order valence-electron chi connectivity index (χ2n) is 5.65. The highest BCUT2D eigenvalue weighted by atomic mass is 32.2. The van der Waals surface area contributed by atoms with Gasteiger partial charge in [0.2, 0.25) is 11.8 Å². The van der Waals surface area contributed by atoms with Gasteiger partial charge in [-0.2, -0.15) is 8.42 Å². The molecule has 3 aliphatic rings. The van der Waals surface area contributed by atoms with E-state index in [1.54, 1.807) is 12.2 Å². The van der Waals surface area contributed by atoms with Crippen molar-refractivity contribution in [3.05, 3.63) is 12.2 Å². The van der Waals surface area contributed by atoms with E-state index in [2.05, 4.69) is 4.74 Å². The summed E-state index contributed by atoms with van der Waals surface area (Å²) in [6, 6.07) is 0. The van der Waals surface area contributed by atoms with E-state index in [4.69, 9.17) is 9.29 Å². The molecule has 10 heteroatoms. The third kappa shape index (κ3) is 2.46. The molecule has 0 radical (unpaired) electrons. The average molecular weight is 345 g/mol. The van der Waals surface area contributed by atoms with Crippen LogP contribution in [0.15, 0.2) is 12.2 Å². The topological polar surface area (TPSA) is 127 Å². The minimum absolute atomic E-state index is 0.288. The van der Waals surface area contributed by atoms with Crippen LogP contribution < -0.4 is 0 Å². The van der Waals surface area contributed by atoms with Gasteiger partial charge >= 0.3 is 5.97 Å². The second kappa shape index (κ2) is 5.39. The highest BCUT2D eigenvalue weighted by Crippen LogP contribution is 2.45. The zero-order chi connectivity index (χ0) is 16.9. The minimum atomic E-state index is -4.69. The molecule has 126 valence electrons. The summed E-state index contributed by atoms with van der Waals surface area (Å²) in [5.41, 5.74) is 0. The van der Waals surface area contributed by atoms with Gasteiger partial charge < -0.3 is 9.47 Å². The van der Waals surface area contributed by atoms with Crippen molar-refractivity contribution in [1.82, 2.24) is 4.90 Å². The Labute approximate surface area is 132 Å². The van der Waals surface area contributed by atoms with Gasteiger partial charge in [0.15, 0.2) is 5.25 Å².